The molecule has 1 heterocycles. The predicted octanol–water partition coefficient (Wildman–Crippen LogP) is 0.132. The summed E-state index contributed by atoms with van der Waals surface area (Å²) in [5, 5.41) is 11.4. The Labute approximate surface area is 102 Å². The summed E-state index contributed by atoms with van der Waals surface area (Å²) in [5.41, 5.74) is 0. The lowest BCUT2D eigenvalue weighted by Gasteiger charge is -2.20. The Morgan fingerprint density at radius 3 is 2.76 bits per heavy atom. The van der Waals surface area contributed by atoms with Crippen molar-refractivity contribution in [3.8, 4) is 0 Å². The van der Waals surface area contributed by atoms with Crippen molar-refractivity contribution in [3.63, 3.8) is 0 Å². The van der Waals surface area contributed by atoms with E-state index < -0.39 is 0 Å². The van der Waals surface area contributed by atoms with Gasteiger partial charge < -0.3 is 15.3 Å². The van der Waals surface area contributed by atoms with Gasteiger partial charge in [0.05, 0.1) is 5.92 Å². The van der Waals surface area contributed by atoms with Crippen LogP contribution in [0.1, 0.15) is 33.1 Å². The minimum Gasteiger partial charge on any atom is -0.396 e. The first-order chi connectivity index (χ1) is 8.06. The smallest absolute Gasteiger partial charge is 0.225 e. The Bertz CT molecular complexity index is 279. The minimum atomic E-state index is -0.209. The summed E-state index contributed by atoms with van der Waals surface area (Å²) >= 11 is 0. The van der Waals surface area contributed by atoms with E-state index in [0.29, 0.717) is 25.9 Å². The summed E-state index contributed by atoms with van der Waals surface area (Å²) in [4.78, 5) is 25.1. The SMILES string of the molecule is CC(C)N1CC(C(=O)NCCCCO)CC1=O. The van der Waals surface area contributed by atoms with E-state index in [0.717, 1.165) is 6.42 Å². The number of carbonyl (C=O) groups excluding carboxylic acids is 2. The van der Waals surface area contributed by atoms with E-state index in [4.69, 9.17) is 5.11 Å². The zero-order valence-corrected chi connectivity index (χ0v) is 10.6. The molecule has 5 heteroatoms. The summed E-state index contributed by atoms with van der Waals surface area (Å²) in [7, 11) is 0. The second-order valence-electron chi connectivity index (χ2n) is 4.76. The number of nitrogens with zero attached hydrogens (tertiary/aromatic N) is 1. The molecule has 0 aromatic carbocycles. The normalized spacial score (nSPS) is 20.1. The molecule has 1 rings (SSSR count). The van der Waals surface area contributed by atoms with Crippen molar-refractivity contribution < 1.29 is 14.7 Å². The molecular weight excluding hydrogens is 220 g/mol. The van der Waals surface area contributed by atoms with Gasteiger partial charge in [-0.3, -0.25) is 9.59 Å². The molecule has 0 aromatic heterocycles. The van der Waals surface area contributed by atoms with Gasteiger partial charge in [0.2, 0.25) is 11.8 Å². The van der Waals surface area contributed by atoms with Crippen LogP contribution in [0.2, 0.25) is 0 Å². The number of nitrogens with one attached hydrogen (secondary N) is 1. The first-order valence-corrected chi connectivity index (χ1v) is 6.24. The van der Waals surface area contributed by atoms with Crippen LogP contribution in [0.4, 0.5) is 0 Å². The van der Waals surface area contributed by atoms with Gasteiger partial charge in [-0.2, -0.15) is 0 Å². The molecule has 0 radical (unpaired) electrons. The van der Waals surface area contributed by atoms with Gasteiger partial charge in [-0.25, -0.2) is 0 Å². The molecule has 98 valence electrons. The minimum absolute atomic E-state index is 0.0422. The molecule has 0 saturated carbocycles. The third-order valence-corrected chi connectivity index (χ3v) is 3.04. The van der Waals surface area contributed by atoms with E-state index in [1.54, 1.807) is 4.90 Å². The lowest BCUT2D eigenvalue weighted by molar-refractivity contribution is -0.129. The Morgan fingerprint density at radius 1 is 1.53 bits per heavy atom. The number of amides is 2. The van der Waals surface area contributed by atoms with Crippen molar-refractivity contribution in [3.05, 3.63) is 0 Å². The highest BCUT2D eigenvalue weighted by molar-refractivity contribution is 5.89. The van der Waals surface area contributed by atoms with Crippen molar-refractivity contribution in [2.24, 2.45) is 5.92 Å². The highest BCUT2D eigenvalue weighted by Gasteiger charge is 2.35. The van der Waals surface area contributed by atoms with Crippen molar-refractivity contribution >= 4 is 11.8 Å². The van der Waals surface area contributed by atoms with Crippen molar-refractivity contribution in [2.75, 3.05) is 19.7 Å². The molecule has 1 saturated heterocycles. The van der Waals surface area contributed by atoms with Crippen LogP contribution >= 0.6 is 0 Å². The molecule has 0 spiro atoms. The molecule has 2 N–H and O–H groups in total. The van der Waals surface area contributed by atoms with E-state index >= 15 is 0 Å². The van der Waals surface area contributed by atoms with Gasteiger partial charge in [0.25, 0.3) is 0 Å². The van der Waals surface area contributed by atoms with Gasteiger partial charge in [-0.15, -0.1) is 0 Å². The molecule has 5 nitrogen and oxygen atoms in total. The fourth-order valence-corrected chi connectivity index (χ4v) is 2.00. The van der Waals surface area contributed by atoms with E-state index in [2.05, 4.69) is 5.32 Å². The van der Waals surface area contributed by atoms with Crippen LogP contribution in [-0.4, -0.2) is 47.6 Å². The third kappa shape index (κ3) is 4.00. The molecule has 17 heavy (non-hydrogen) atoms. The van der Waals surface area contributed by atoms with Gasteiger partial charge in [0.1, 0.15) is 0 Å². The number of carbonyl (C=O) groups is 2. The van der Waals surface area contributed by atoms with Gasteiger partial charge >= 0.3 is 0 Å². The van der Waals surface area contributed by atoms with Crippen LogP contribution in [0.5, 0.6) is 0 Å². The second kappa shape index (κ2) is 6.59. The van der Waals surface area contributed by atoms with Crippen molar-refractivity contribution in [2.45, 2.75) is 39.2 Å². The molecule has 1 aliphatic rings. The van der Waals surface area contributed by atoms with Crippen LogP contribution in [0.25, 0.3) is 0 Å². The summed E-state index contributed by atoms with van der Waals surface area (Å²) in [6.07, 6.45) is 1.79. The first-order valence-electron chi connectivity index (χ1n) is 6.24. The van der Waals surface area contributed by atoms with Crippen LogP contribution < -0.4 is 5.32 Å². The van der Waals surface area contributed by atoms with Gasteiger partial charge in [0, 0.05) is 32.2 Å². The Kier molecular flexibility index (Phi) is 5.41. The van der Waals surface area contributed by atoms with Crippen LogP contribution in [-0.2, 0) is 9.59 Å². The zero-order chi connectivity index (χ0) is 12.8. The van der Waals surface area contributed by atoms with E-state index in [1.165, 1.54) is 0 Å². The number of likely N-dealkylation sites (tertiary alicyclic amines) is 1. The second-order valence-corrected chi connectivity index (χ2v) is 4.76. The predicted molar refractivity (Wildman–Crippen MR) is 64.3 cm³/mol. The van der Waals surface area contributed by atoms with Crippen molar-refractivity contribution in [1.29, 1.82) is 0 Å². The Hall–Kier alpha value is -1.10. The van der Waals surface area contributed by atoms with Crippen molar-refractivity contribution in [1.82, 2.24) is 10.2 Å². The fourth-order valence-electron chi connectivity index (χ4n) is 2.00. The molecule has 1 fully saturated rings. The summed E-state index contributed by atoms with van der Waals surface area (Å²) in [6, 6.07) is 0.162. The molecule has 1 atom stereocenters. The average Bonchev–Trinajstić information content (AvgIpc) is 2.66. The van der Waals surface area contributed by atoms with E-state index in [9.17, 15) is 9.59 Å². The molecule has 0 bridgehead atoms. The molecular formula is C12H22N2O3. The fraction of sp³-hybridized carbons (Fsp3) is 0.833. The maximum Gasteiger partial charge on any atom is 0.225 e. The monoisotopic (exact) mass is 242 g/mol. The summed E-state index contributed by atoms with van der Waals surface area (Å²) in [5.74, 6) is -0.186. The third-order valence-electron chi connectivity index (χ3n) is 3.04. The molecule has 1 aliphatic heterocycles. The number of aliphatic hydroxyl groups excluding tert-OH is 1. The van der Waals surface area contributed by atoms with Gasteiger partial charge in [-0.1, -0.05) is 0 Å². The topological polar surface area (TPSA) is 69.6 Å². The highest BCUT2D eigenvalue weighted by atomic mass is 16.3. The van der Waals surface area contributed by atoms with Crippen LogP contribution in [0.3, 0.4) is 0 Å². The van der Waals surface area contributed by atoms with E-state index in [-0.39, 0.29) is 30.4 Å². The Morgan fingerprint density at radius 2 is 2.24 bits per heavy atom. The molecule has 0 aromatic rings. The molecule has 2 amide bonds. The number of rotatable bonds is 6. The molecule has 0 aliphatic carbocycles. The standard InChI is InChI=1S/C12H22N2O3/c1-9(2)14-8-10(7-11(14)16)12(17)13-5-3-4-6-15/h9-10,15H,3-8H2,1-2H3,(H,13,17). The molecule has 1 unspecified atom stereocenters. The number of unbranched alkanes of at least 4 members (excludes halogenated alkanes) is 1. The number of aliphatic hydroxyl groups is 1. The van der Waals surface area contributed by atoms with Gasteiger partial charge in [-0.05, 0) is 26.7 Å². The average molecular weight is 242 g/mol. The maximum absolute atomic E-state index is 11.8. The zero-order valence-electron chi connectivity index (χ0n) is 10.6. The van der Waals surface area contributed by atoms with E-state index in [1.807, 2.05) is 13.8 Å². The number of hydrogen-bond donors (Lipinski definition) is 2. The lowest BCUT2D eigenvalue weighted by Crippen LogP contribution is -2.35. The summed E-state index contributed by atoms with van der Waals surface area (Å²) < 4.78 is 0. The Balaban J connectivity index is 2.32. The lowest BCUT2D eigenvalue weighted by atomic mass is 10.1. The first kappa shape index (κ1) is 14.0. The summed E-state index contributed by atoms with van der Waals surface area (Å²) in [6.45, 7) is 5.17. The van der Waals surface area contributed by atoms with Crippen LogP contribution in [0, 0.1) is 5.92 Å². The maximum atomic E-state index is 11.8. The highest BCUT2D eigenvalue weighted by Crippen LogP contribution is 2.20. The largest absolute Gasteiger partial charge is 0.396 e. The van der Waals surface area contributed by atoms with Gasteiger partial charge in [0.15, 0.2) is 0 Å². The number of hydrogen-bond acceptors (Lipinski definition) is 3. The van der Waals surface area contributed by atoms with Crippen LogP contribution in [0.15, 0.2) is 0 Å². The quantitative estimate of drug-likeness (QED) is 0.651.